The lowest BCUT2D eigenvalue weighted by Crippen LogP contribution is -2.35. The molecule has 1 aliphatic rings. The maximum absolute atomic E-state index is 12.6. The molecule has 1 heterocycles. The van der Waals surface area contributed by atoms with Gasteiger partial charge in [-0.3, -0.25) is 9.59 Å². The number of benzene rings is 1. The SMILES string of the molecule is CC=C(C)C1=CCN(C(=O)c2ccc(C(=O)C=C(C)C)cc2)CC1. The van der Waals surface area contributed by atoms with Gasteiger partial charge < -0.3 is 4.90 Å². The number of carbonyl (C=O) groups excluding carboxylic acids is 2. The summed E-state index contributed by atoms with van der Waals surface area (Å²) in [6, 6.07) is 6.93. The third-order valence-electron chi connectivity index (χ3n) is 4.27. The Morgan fingerprint density at radius 3 is 2.17 bits per heavy atom. The number of allylic oxidation sites excluding steroid dienone is 4. The van der Waals surface area contributed by atoms with E-state index in [1.165, 1.54) is 11.1 Å². The van der Waals surface area contributed by atoms with Gasteiger partial charge in [-0.25, -0.2) is 0 Å². The summed E-state index contributed by atoms with van der Waals surface area (Å²) in [6.45, 7) is 9.29. The molecule has 2 rings (SSSR count). The Labute approximate surface area is 144 Å². The third-order valence-corrected chi connectivity index (χ3v) is 4.27. The van der Waals surface area contributed by atoms with E-state index in [9.17, 15) is 9.59 Å². The first-order chi connectivity index (χ1) is 11.4. The third kappa shape index (κ3) is 4.31. The zero-order valence-electron chi connectivity index (χ0n) is 14.9. The summed E-state index contributed by atoms with van der Waals surface area (Å²) >= 11 is 0. The molecule has 1 aliphatic heterocycles. The fourth-order valence-electron chi connectivity index (χ4n) is 2.70. The van der Waals surface area contributed by atoms with Gasteiger partial charge in [0.1, 0.15) is 0 Å². The van der Waals surface area contributed by atoms with Crippen LogP contribution in [0.4, 0.5) is 0 Å². The Hall–Kier alpha value is -2.42. The molecule has 0 radical (unpaired) electrons. The number of carbonyl (C=O) groups is 2. The van der Waals surface area contributed by atoms with Crippen molar-refractivity contribution in [2.24, 2.45) is 0 Å². The van der Waals surface area contributed by atoms with Crippen molar-refractivity contribution in [2.75, 3.05) is 13.1 Å². The van der Waals surface area contributed by atoms with Gasteiger partial charge in [0.2, 0.25) is 0 Å². The van der Waals surface area contributed by atoms with E-state index in [1.54, 1.807) is 30.3 Å². The zero-order chi connectivity index (χ0) is 17.7. The van der Waals surface area contributed by atoms with Crippen molar-refractivity contribution in [2.45, 2.75) is 34.1 Å². The molecule has 1 aromatic rings. The lowest BCUT2D eigenvalue weighted by atomic mass is 10.00. The van der Waals surface area contributed by atoms with Crippen LogP contribution in [0.3, 0.4) is 0 Å². The van der Waals surface area contributed by atoms with Crippen molar-refractivity contribution in [3.8, 4) is 0 Å². The molecule has 0 atom stereocenters. The Balaban J connectivity index is 2.08. The van der Waals surface area contributed by atoms with E-state index in [0.717, 1.165) is 18.5 Å². The number of hydrogen-bond acceptors (Lipinski definition) is 2. The van der Waals surface area contributed by atoms with Crippen LogP contribution in [0.25, 0.3) is 0 Å². The van der Waals surface area contributed by atoms with Gasteiger partial charge in [-0.2, -0.15) is 0 Å². The number of hydrogen-bond donors (Lipinski definition) is 0. The molecule has 0 aliphatic carbocycles. The molecule has 24 heavy (non-hydrogen) atoms. The minimum atomic E-state index is -0.0265. The number of ketones is 1. The Morgan fingerprint density at radius 1 is 1.04 bits per heavy atom. The van der Waals surface area contributed by atoms with Crippen molar-refractivity contribution in [3.05, 3.63) is 70.3 Å². The second kappa shape index (κ2) is 7.91. The molecule has 0 spiro atoms. The van der Waals surface area contributed by atoms with Crippen LogP contribution in [0, 0.1) is 0 Å². The van der Waals surface area contributed by atoms with E-state index in [2.05, 4.69) is 19.1 Å². The molecule has 0 fully saturated rings. The van der Waals surface area contributed by atoms with Gasteiger partial charge in [0.25, 0.3) is 5.91 Å². The summed E-state index contributed by atoms with van der Waals surface area (Å²) in [7, 11) is 0. The average Bonchev–Trinajstić information content (AvgIpc) is 2.60. The minimum absolute atomic E-state index is 0.0182. The fraction of sp³-hybridized carbons (Fsp3) is 0.333. The number of nitrogens with zero attached hydrogens (tertiary/aromatic N) is 1. The number of amides is 1. The molecule has 0 bridgehead atoms. The first-order valence-corrected chi connectivity index (χ1v) is 8.33. The fourth-order valence-corrected chi connectivity index (χ4v) is 2.70. The zero-order valence-corrected chi connectivity index (χ0v) is 14.9. The highest BCUT2D eigenvalue weighted by atomic mass is 16.2. The van der Waals surface area contributed by atoms with Gasteiger partial charge >= 0.3 is 0 Å². The summed E-state index contributed by atoms with van der Waals surface area (Å²) in [4.78, 5) is 26.4. The van der Waals surface area contributed by atoms with E-state index in [-0.39, 0.29) is 11.7 Å². The minimum Gasteiger partial charge on any atom is -0.335 e. The molecule has 1 amide bonds. The summed E-state index contributed by atoms with van der Waals surface area (Å²) in [5, 5.41) is 0. The van der Waals surface area contributed by atoms with Crippen LogP contribution in [0.1, 0.15) is 54.8 Å². The first-order valence-electron chi connectivity index (χ1n) is 8.33. The summed E-state index contributed by atoms with van der Waals surface area (Å²) in [5.41, 5.74) is 4.81. The molecular formula is C21H25NO2. The summed E-state index contributed by atoms with van der Waals surface area (Å²) in [5.74, 6) is -0.00832. The van der Waals surface area contributed by atoms with Gasteiger partial charge in [0, 0.05) is 24.2 Å². The Morgan fingerprint density at radius 2 is 1.67 bits per heavy atom. The standard InChI is InChI=1S/C21H25NO2/c1-5-16(4)17-10-12-22(13-11-17)21(24)19-8-6-18(7-9-19)20(23)14-15(2)3/h5-10,14H,11-13H2,1-4H3. The molecule has 0 N–H and O–H groups in total. The molecule has 126 valence electrons. The second-order valence-corrected chi connectivity index (χ2v) is 6.37. The van der Waals surface area contributed by atoms with Crippen LogP contribution in [-0.2, 0) is 0 Å². The Bertz CT molecular complexity index is 717. The predicted octanol–water partition coefficient (Wildman–Crippen LogP) is 4.57. The van der Waals surface area contributed by atoms with Crippen LogP contribution in [0.5, 0.6) is 0 Å². The lowest BCUT2D eigenvalue weighted by Gasteiger charge is -2.27. The lowest BCUT2D eigenvalue weighted by molar-refractivity contribution is 0.0769. The van der Waals surface area contributed by atoms with Crippen molar-refractivity contribution in [1.82, 2.24) is 4.90 Å². The molecule has 0 aromatic heterocycles. The van der Waals surface area contributed by atoms with Crippen LogP contribution >= 0.6 is 0 Å². The van der Waals surface area contributed by atoms with Crippen LogP contribution < -0.4 is 0 Å². The molecule has 0 saturated carbocycles. The molecule has 3 nitrogen and oxygen atoms in total. The smallest absolute Gasteiger partial charge is 0.254 e. The van der Waals surface area contributed by atoms with Gasteiger partial charge in [-0.05, 0) is 57.9 Å². The van der Waals surface area contributed by atoms with Gasteiger partial charge in [-0.15, -0.1) is 0 Å². The van der Waals surface area contributed by atoms with Crippen molar-refractivity contribution in [1.29, 1.82) is 0 Å². The molecule has 3 heteroatoms. The summed E-state index contributed by atoms with van der Waals surface area (Å²) in [6.07, 6.45) is 6.73. The van der Waals surface area contributed by atoms with Crippen molar-refractivity contribution < 1.29 is 9.59 Å². The van der Waals surface area contributed by atoms with E-state index in [1.807, 2.05) is 25.7 Å². The quantitative estimate of drug-likeness (QED) is 0.601. The topological polar surface area (TPSA) is 37.4 Å². The maximum Gasteiger partial charge on any atom is 0.254 e. The Kier molecular flexibility index (Phi) is 5.91. The van der Waals surface area contributed by atoms with Gasteiger partial charge in [-0.1, -0.05) is 35.4 Å². The molecule has 0 saturated heterocycles. The highest BCUT2D eigenvalue weighted by molar-refractivity contribution is 6.05. The summed E-state index contributed by atoms with van der Waals surface area (Å²) < 4.78 is 0. The highest BCUT2D eigenvalue weighted by Gasteiger charge is 2.19. The van der Waals surface area contributed by atoms with Gasteiger partial charge in [0.15, 0.2) is 5.78 Å². The van der Waals surface area contributed by atoms with E-state index in [0.29, 0.717) is 17.7 Å². The second-order valence-electron chi connectivity index (χ2n) is 6.37. The van der Waals surface area contributed by atoms with Crippen molar-refractivity contribution >= 4 is 11.7 Å². The van der Waals surface area contributed by atoms with E-state index >= 15 is 0 Å². The molecular weight excluding hydrogens is 298 g/mol. The van der Waals surface area contributed by atoms with E-state index < -0.39 is 0 Å². The highest BCUT2D eigenvalue weighted by Crippen LogP contribution is 2.20. The maximum atomic E-state index is 12.6. The van der Waals surface area contributed by atoms with E-state index in [4.69, 9.17) is 0 Å². The van der Waals surface area contributed by atoms with Crippen molar-refractivity contribution in [3.63, 3.8) is 0 Å². The van der Waals surface area contributed by atoms with Crippen LogP contribution in [-0.4, -0.2) is 29.7 Å². The normalized spacial score (nSPS) is 14.9. The monoisotopic (exact) mass is 323 g/mol. The average molecular weight is 323 g/mol. The largest absolute Gasteiger partial charge is 0.335 e. The van der Waals surface area contributed by atoms with Gasteiger partial charge in [0.05, 0.1) is 0 Å². The van der Waals surface area contributed by atoms with Crippen LogP contribution in [0.15, 0.2) is 59.2 Å². The molecule has 1 aromatic carbocycles. The van der Waals surface area contributed by atoms with Crippen LogP contribution in [0.2, 0.25) is 0 Å². The number of rotatable bonds is 4. The first kappa shape index (κ1) is 17.9. The predicted molar refractivity (Wildman–Crippen MR) is 98.2 cm³/mol. The molecule has 0 unspecified atom stereocenters.